The van der Waals surface area contributed by atoms with E-state index < -0.39 is 0 Å². The Balaban J connectivity index is 1.75. The van der Waals surface area contributed by atoms with E-state index >= 15 is 0 Å². The van der Waals surface area contributed by atoms with Gasteiger partial charge in [0.05, 0.1) is 11.4 Å². The van der Waals surface area contributed by atoms with Gasteiger partial charge in [-0.3, -0.25) is 9.89 Å². The molecule has 0 atom stereocenters. The highest BCUT2D eigenvalue weighted by atomic mass is 16.2. The summed E-state index contributed by atoms with van der Waals surface area (Å²) in [4.78, 5) is 14.7. The summed E-state index contributed by atoms with van der Waals surface area (Å²) in [6, 6.07) is 0.404. The van der Waals surface area contributed by atoms with E-state index in [9.17, 15) is 4.79 Å². The molecule has 20 heavy (non-hydrogen) atoms. The topological polar surface area (TPSA) is 75.0 Å². The number of nitrogens with zero attached hydrogens (tertiary/aromatic N) is 2. The van der Waals surface area contributed by atoms with Gasteiger partial charge in [-0.1, -0.05) is 13.8 Å². The number of hydrogen-bond donors (Lipinski definition) is 2. The number of aromatic amines is 1. The van der Waals surface area contributed by atoms with E-state index in [1.54, 1.807) is 0 Å². The molecule has 1 aromatic heterocycles. The number of H-pyrrole nitrogens is 1. The van der Waals surface area contributed by atoms with Crippen LogP contribution < -0.4 is 5.73 Å². The number of nitrogens with one attached hydrogen (secondary N) is 1. The fourth-order valence-electron chi connectivity index (χ4n) is 2.58. The molecule has 3 N–H and O–H groups in total. The monoisotopic (exact) mass is 276 g/mol. The molecule has 1 heterocycles. The zero-order valence-corrected chi connectivity index (χ0v) is 12.4. The van der Waals surface area contributed by atoms with Crippen molar-refractivity contribution in [2.45, 2.75) is 57.9 Å². The van der Waals surface area contributed by atoms with Gasteiger partial charge in [0.15, 0.2) is 5.69 Å². The Morgan fingerprint density at radius 2 is 2.10 bits per heavy atom. The zero-order chi connectivity index (χ0) is 14.3. The van der Waals surface area contributed by atoms with E-state index in [-0.39, 0.29) is 5.91 Å². The average Bonchev–Trinajstić information content (AvgIpc) is 3.29. The number of hydrogen-bond acceptors (Lipinski definition) is 3. The Labute approximate surface area is 119 Å². The van der Waals surface area contributed by atoms with Crippen molar-refractivity contribution >= 4 is 11.6 Å². The maximum absolute atomic E-state index is 12.7. The van der Waals surface area contributed by atoms with Crippen LogP contribution in [0.5, 0.6) is 0 Å². The van der Waals surface area contributed by atoms with Gasteiger partial charge in [0.1, 0.15) is 0 Å². The summed E-state index contributed by atoms with van der Waals surface area (Å²) in [7, 11) is 0. The third-order valence-electron chi connectivity index (χ3n) is 4.22. The second-order valence-corrected chi connectivity index (χ2v) is 6.59. The summed E-state index contributed by atoms with van der Waals surface area (Å²) in [5, 5.41) is 7.17. The Kier molecular flexibility index (Phi) is 3.44. The molecule has 0 spiro atoms. The summed E-state index contributed by atoms with van der Waals surface area (Å²) < 4.78 is 0. The minimum Gasteiger partial charge on any atom is -0.395 e. The van der Waals surface area contributed by atoms with E-state index in [0.717, 1.165) is 44.3 Å². The highest BCUT2D eigenvalue weighted by molar-refractivity contribution is 5.98. The number of anilines is 1. The first-order valence-corrected chi connectivity index (χ1v) is 7.72. The van der Waals surface area contributed by atoms with E-state index in [1.807, 2.05) is 4.90 Å². The Hall–Kier alpha value is -1.52. The molecule has 5 heteroatoms. The van der Waals surface area contributed by atoms with Gasteiger partial charge >= 0.3 is 0 Å². The number of carbonyl (C=O) groups is 1. The van der Waals surface area contributed by atoms with E-state index in [1.165, 1.54) is 0 Å². The minimum absolute atomic E-state index is 0.00815. The number of rotatable bonds is 6. The quantitative estimate of drug-likeness (QED) is 0.838. The Morgan fingerprint density at radius 3 is 2.65 bits per heavy atom. The van der Waals surface area contributed by atoms with Gasteiger partial charge in [0, 0.05) is 18.5 Å². The largest absolute Gasteiger partial charge is 0.395 e. The summed E-state index contributed by atoms with van der Waals surface area (Å²) in [6.45, 7) is 5.18. The lowest BCUT2D eigenvalue weighted by molar-refractivity contribution is 0.0730. The molecule has 110 valence electrons. The molecule has 0 radical (unpaired) electrons. The molecule has 2 saturated carbocycles. The van der Waals surface area contributed by atoms with Crippen molar-refractivity contribution in [3.63, 3.8) is 0 Å². The molecule has 0 bridgehead atoms. The number of aromatic nitrogens is 2. The maximum Gasteiger partial charge on any atom is 0.276 e. The standard InChI is InChI=1S/C15H24N4O/c1-9(2)7-8-19(11-5-6-11)15(20)14-12(16)13(17-18-14)10-3-4-10/h9-11H,3-8,16H2,1-2H3,(H,17,18). The molecule has 5 nitrogen and oxygen atoms in total. The van der Waals surface area contributed by atoms with Gasteiger partial charge in [-0.05, 0) is 38.0 Å². The maximum atomic E-state index is 12.7. The lowest BCUT2D eigenvalue weighted by Crippen LogP contribution is -2.35. The highest BCUT2D eigenvalue weighted by Crippen LogP contribution is 2.42. The second kappa shape index (κ2) is 5.11. The van der Waals surface area contributed by atoms with Crippen LogP contribution in [0.2, 0.25) is 0 Å². The van der Waals surface area contributed by atoms with Gasteiger partial charge in [-0.15, -0.1) is 0 Å². The van der Waals surface area contributed by atoms with E-state index in [2.05, 4.69) is 24.0 Å². The molecule has 2 fully saturated rings. The van der Waals surface area contributed by atoms with Crippen LogP contribution in [0.4, 0.5) is 5.69 Å². The summed E-state index contributed by atoms with van der Waals surface area (Å²) in [5.41, 5.74) is 8.09. The van der Waals surface area contributed by atoms with Crippen LogP contribution in [0.3, 0.4) is 0 Å². The van der Waals surface area contributed by atoms with E-state index in [0.29, 0.717) is 29.3 Å². The SMILES string of the molecule is CC(C)CCN(C(=O)c1n[nH]c(C2CC2)c1N)C1CC1. The van der Waals surface area contributed by atoms with Crippen molar-refractivity contribution in [1.82, 2.24) is 15.1 Å². The second-order valence-electron chi connectivity index (χ2n) is 6.59. The number of nitrogens with two attached hydrogens (primary N) is 1. The van der Waals surface area contributed by atoms with Crippen molar-refractivity contribution in [2.75, 3.05) is 12.3 Å². The van der Waals surface area contributed by atoms with Crippen LogP contribution in [0.15, 0.2) is 0 Å². The van der Waals surface area contributed by atoms with Crippen molar-refractivity contribution in [2.24, 2.45) is 5.92 Å². The summed E-state index contributed by atoms with van der Waals surface area (Å²) >= 11 is 0. The number of nitrogen functional groups attached to an aromatic ring is 1. The molecule has 0 saturated heterocycles. The van der Waals surface area contributed by atoms with Gasteiger partial charge < -0.3 is 10.6 Å². The van der Waals surface area contributed by atoms with Crippen LogP contribution in [-0.2, 0) is 0 Å². The molecular formula is C15H24N4O. The van der Waals surface area contributed by atoms with Crippen molar-refractivity contribution in [3.05, 3.63) is 11.4 Å². The van der Waals surface area contributed by atoms with Gasteiger partial charge in [0.2, 0.25) is 0 Å². The molecule has 2 aliphatic rings. The third-order valence-corrected chi connectivity index (χ3v) is 4.22. The summed E-state index contributed by atoms with van der Waals surface area (Å²) in [6.07, 6.45) is 5.56. The smallest absolute Gasteiger partial charge is 0.276 e. The highest BCUT2D eigenvalue weighted by Gasteiger charge is 2.36. The average molecular weight is 276 g/mol. The molecule has 1 amide bonds. The molecule has 1 aromatic rings. The fraction of sp³-hybridized carbons (Fsp3) is 0.733. The Bertz CT molecular complexity index is 500. The number of amides is 1. The first-order chi connectivity index (χ1) is 9.58. The summed E-state index contributed by atoms with van der Waals surface area (Å²) in [5.74, 6) is 1.10. The normalized spacial score (nSPS) is 18.6. The van der Waals surface area contributed by atoms with Crippen molar-refractivity contribution in [3.8, 4) is 0 Å². The molecular weight excluding hydrogens is 252 g/mol. The van der Waals surface area contributed by atoms with Crippen molar-refractivity contribution < 1.29 is 4.79 Å². The molecule has 0 aromatic carbocycles. The molecule has 2 aliphatic carbocycles. The molecule has 0 unspecified atom stereocenters. The predicted octanol–water partition coefficient (Wildman–Crippen LogP) is 2.52. The van der Waals surface area contributed by atoms with Crippen LogP contribution in [0.1, 0.15) is 68.1 Å². The Morgan fingerprint density at radius 1 is 1.40 bits per heavy atom. The van der Waals surface area contributed by atoms with Gasteiger partial charge in [0.25, 0.3) is 5.91 Å². The molecule has 0 aliphatic heterocycles. The minimum atomic E-state index is 0.00815. The lowest BCUT2D eigenvalue weighted by Gasteiger charge is -2.22. The molecule has 3 rings (SSSR count). The first-order valence-electron chi connectivity index (χ1n) is 7.72. The van der Waals surface area contributed by atoms with E-state index in [4.69, 9.17) is 5.73 Å². The van der Waals surface area contributed by atoms with Crippen LogP contribution in [-0.4, -0.2) is 33.6 Å². The third kappa shape index (κ3) is 2.67. The first kappa shape index (κ1) is 13.5. The van der Waals surface area contributed by atoms with Crippen LogP contribution in [0.25, 0.3) is 0 Å². The van der Waals surface area contributed by atoms with Crippen LogP contribution in [0, 0.1) is 5.92 Å². The van der Waals surface area contributed by atoms with Gasteiger partial charge in [-0.25, -0.2) is 0 Å². The fourth-order valence-corrected chi connectivity index (χ4v) is 2.58. The zero-order valence-electron chi connectivity index (χ0n) is 12.4. The van der Waals surface area contributed by atoms with Crippen molar-refractivity contribution in [1.29, 1.82) is 0 Å². The van der Waals surface area contributed by atoms with Crippen LogP contribution >= 0.6 is 0 Å². The lowest BCUT2D eigenvalue weighted by atomic mass is 10.1. The van der Waals surface area contributed by atoms with Gasteiger partial charge in [-0.2, -0.15) is 5.10 Å². The predicted molar refractivity (Wildman–Crippen MR) is 78.5 cm³/mol. The number of carbonyl (C=O) groups excluding carboxylic acids is 1.